The van der Waals surface area contributed by atoms with Crippen molar-refractivity contribution in [2.45, 2.75) is 44.7 Å². The molecule has 0 aliphatic rings. The number of aliphatic hydroxyl groups excluding tert-OH is 1. The van der Waals surface area contributed by atoms with Crippen molar-refractivity contribution in [3.8, 4) is 0 Å². The van der Waals surface area contributed by atoms with Crippen LogP contribution in [-0.4, -0.2) is 41.2 Å². The van der Waals surface area contributed by atoms with Crippen LogP contribution in [0.5, 0.6) is 0 Å². The molecule has 4 nitrogen and oxygen atoms in total. The second-order valence-corrected chi connectivity index (χ2v) is 5.25. The van der Waals surface area contributed by atoms with Gasteiger partial charge in [0.05, 0.1) is 6.04 Å². The molecule has 0 spiro atoms. The van der Waals surface area contributed by atoms with Gasteiger partial charge in [0, 0.05) is 12.1 Å². The predicted octanol–water partition coefficient (Wildman–Crippen LogP) is 0.734. The zero-order chi connectivity index (χ0) is 12.6. The Bertz CT molecular complexity index is 214. The number of carbonyl (C=O) groups is 1. The van der Waals surface area contributed by atoms with Crippen molar-refractivity contribution in [2.75, 3.05) is 18.6 Å². The first-order chi connectivity index (χ1) is 7.49. The smallest absolute Gasteiger partial charge is 0.237 e. The minimum atomic E-state index is -0.447. The molecule has 0 aliphatic heterocycles. The van der Waals surface area contributed by atoms with E-state index >= 15 is 0 Å². The van der Waals surface area contributed by atoms with Gasteiger partial charge in [-0.15, -0.1) is 0 Å². The normalized spacial score (nSPS) is 16.6. The number of hydrogen-bond acceptors (Lipinski definition) is 4. The highest BCUT2D eigenvalue weighted by molar-refractivity contribution is 7.98. The van der Waals surface area contributed by atoms with Crippen molar-refractivity contribution in [3.05, 3.63) is 0 Å². The number of amides is 1. The van der Waals surface area contributed by atoms with Crippen LogP contribution in [0.15, 0.2) is 0 Å². The Kier molecular flexibility index (Phi) is 7.80. The number of hydrogen-bond donors (Lipinski definition) is 3. The van der Waals surface area contributed by atoms with E-state index in [0.717, 1.165) is 12.2 Å². The summed E-state index contributed by atoms with van der Waals surface area (Å²) in [7, 11) is 0. The molecule has 0 radical (unpaired) electrons. The second kappa shape index (κ2) is 7.92. The molecule has 1 unspecified atom stereocenters. The van der Waals surface area contributed by atoms with Crippen LogP contribution < -0.4 is 11.1 Å². The molecule has 0 bridgehead atoms. The Labute approximate surface area is 102 Å². The number of carbonyl (C=O) groups excluding carboxylic acids is 1. The summed E-state index contributed by atoms with van der Waals surface area (Å²) < 4.78 is 0. The molecule has 5 heteroatoms. The molecule has 0 heterocycles. The predicted molar refractivity (Wildman–Crippen MR) is 69.5 cm³/mol. The largest absolute Gasteiger partial charge is 0.396 e. The fraction of sp³-hybridized carbons (Fsp3) is 0.909. The van der Waals surface area contributed by atoms with Crippen molar-refractivity contribution in [1.29, 1.82) is 0 Å². The van der Waals surface area contributed by atoms with E-state index in [9.17, 15) is 4.79 Å². The minimum absolute atomic E-state index is 0.0741. The second-order valence-electron chi connectivity index (χ2n) is 4.27. The molecule has 4 N–H and O–H groups in total. The quantitative estimate of drug-likeness (QED) is 0.592. The lowest BCUT2D eigenvalue weighted by atomic mass is 9.94. The Morgan fingerprint density at radius 3 is 2.69 bits per heavy atom. The van der Waals surface area contributed by atoms with E-state index < -0.39 is 6.04 Å². The summed E-state index contributed by atoms with van der Waals surface area (Å²) in [5.41, 5.74) is 5.43. The monoisotopic (exact) mass is 248 g/mol. The van der Waals surface area contributed by atoms with E-state index in [2.05, 4.69) is 5.32 Å². The van der Waals surface area contributed by atoms with Gasteiger partial charge >= 0.3 is 0 Å². The van der Waals surface area contributed by atoms with Crippen LogP contribution in [0.1, 0.15) is 33.1 Å². The van der Waals surface area contributed by atoms with E-state index in [1.165, 1.54) is 0 Å². The summed E-state index contributed by atoms with van der Waals surface area (Å²) in [6.45, 7) is 4.00. The third-order valence-electron chi connectivity index (χ3n) is 2.84. The number of aliphatic hydroxyl groups is 1. The molecule has 0 aromatic heterocycles. The Morgan fingerprint density at radius 1 is 1.62 bits per heavy atom. The van der Waals surface area contributed by atoms with Gasteiger partial charge in [-0.05, 0) is 38.2 Å². The molecular formula is C11H24N2O2S. The highest BCUT2D eigenvalue weighted by Gasteiger charge is 2.25. The molecule has 0 aliphatic carbocycles. The van der Waals surface area contributed by atoms with Gasteiger partial charge in [-0.3, -0.25) is 4.79 Å². The fourth-order valence-corrected chi connectivity index (χ4v) is 1.83. The first-order valence-corrected chi connectivity index (χ1v) is 7.06. The van der Waals surface area contributed by atoms with E-state index in [-0.39, 0.29) is 18.1 Å². The summed E-state index contributed by atoms with van der Waals surface area (Å²) in [5.74, 6) is 0.768. The SMILES string of the molecule is CCC(C)(CCO)NC(=O)[C@@H](N)CCSC. The standard InChI is InChI=1S/C11H24N2O2S/c1-4-11(2,6-7-14)13-10(15)9(12)5-8-16-3/h9,14H,4-8,12H2,1-3H3,(H,13,15)/t9-,11?/m0/s1. The lowest BCUT2D eigenvalue weighted by Crippen LogP contribution is -2.52. The molecule has 2 atom stereocenters. The van der Waals surface area contributed by atoms with Crippen LogP contribution in [-0.2, 0) is 4.79 Å². The van der Waals surface area contributed by atoms with Crippen molar-refractivity contribution in [2.24, 2.45) is 5.73 Å². The van der Waals surface area contributed by atoms with Crippen LogP contribution in [0, 0.1) is 0 Å². The molecule has 0 aromatic carbocycles. The van der Waals surface area contributed by atoms with Gasteiger partial charge in [0.15, 0.2) is 0 Å². The summed E-state index contributed by atoms with van der Waals surface area (Å²) in [6, 6.07) is -0.447. The Balaban J connectivity index is 4.18. The number of thioether (sulfide) groups is 1. The minimum Gasteiger partial charge on any atom is -0.396 e. The van der Waals surface area contributed by atoms with Crippen LogP contribution in [0.25, 0.3) is 0 Å². The average Bonchev–Trinajstić information content (AvgIpc) is 2.26. The van der Waals surface area contributed by atoms with Crippen molar-refractivity contribution in [1.82, 2.24) is 5.32 Å². The van der Waals surface area contributed by atoms with Crippen LogP contribution in [0.4, 0.5) is 0 Å². The summed E-state index contributed by atoms with van der Waals surface area (Å²) in [6.07, 6.45) is 4.03. The van der Waals surface area contributed by atoms with E-state index in [0.29, 0.717) is 12.8 Å². The molecule has 1 amide bonds. The van der Waals surface area contributed by atoms with E-state index in [1.807, 2.05) is 20.1 Å². The topological polar surface area (TPSA) is 75.3 Å². The van der Waals surface area contributed by atoms with Gasteiger partial charge in [-0.25, -0.2) is 0 Å². The third-order valence-corrected chi connectivity index (χ3v) is 3.48. The molecule has 0 saturated carbocycles. The maximum Gasteiger partial charge on any atom is 0.237 e. The van der Waals surface area contributed by atoms with Crippen molar-refractivity contribution in [3.63, 3.8) is 0 Å². The average molecular weight is 248 g/mol. The third kappa shape index (κ3) is 5.72. The highest BCUT2D eigenvalue weighted by Crippen LogP contribution is 2.14. The first-order valence-electron chi connectivity index (χ1n) is 5.66. The van der Waals surface area contributed by atoms with Crippen molar-refractivity contribution < 1.29 is 9.90 Å². The van der Waals surface area contributed by atoms with Crippen LogP contribution >= 0.6 is 11.8 Å². The molecule has 96 valence electrons. The van der Waals surface area contributed by atoms with Crippen LogP contribution in [0.2, 0.25) is 0 Å². The van der Waals surface area contributed by atoms with Gasteiger partial charge < -0.3 is 16.2 Å². The van der Waals surface area contributed by atoms with E-state index in [4.69, 9.17) is 10.8 Å². The first kappa shape index (κ1) is 15.7. The molecule has 0 saturated heterocycles. The lowest BCUT2D eigenvalue weighted by Gasteiger charge is -2.30. The van der Waals surface area contributed by atoms with Gasteiger partial charge in [-0.1, -0.05) is 6.92 Å². The number of nitrogens with two attached hydrogens (primary N) is 1. The van der Waals surface area contributed by atoms with Gasteiger partial charge in [0.25, 0.3) is 0 Å². The van der Waals surface area contributed by atoms with Gasteiger partial charge in [0.1, 0.15) is 0 Å². The Hall–Kier alpha value is -0.260. The maximum absolute atomic E-state index is 11.8. The molecular weight excluding hydrogens is 224 g/mol. The molecule has 0 rings (SSSR count). The molecule has 16 heavy (non-hydrogen) atoms. The van der Waals surface area contributed by atoms with E-state index in [1.54, 1.807) is 11.8 Å². The Morgan fingerprint density at radius 2 is 2.25 bits per heavy atom. The van der Waals surface area contributed by atoms with Gasteiger partial charge in [-0.2, -0.15) is 11.8 Å². The summed E-state index contributed by atoms with van der Waals surface area (Å²) >= 11 is 1.68. The summed E-state index contributed by atoms with van der Waals surface area (Å²) in [5, 5.41) is 11.9. The van der Waals surface area contributed by atoms with Crippen LogP contribution in [0.3, 0.4) is 0 Å². The maximum atomic E-state index is 11.8. The molecule has 0 fully saturated rings. The zero-order valence-corrected chi connectivity index (χ0v) is 11.3. The number of rotatable bonds is 8. The van der Waals surface area contributed by atoms with Gasteiger partial charge in [0.2, 0.25) is 5.91 Å². The zero-order valence-electron chi connectivity index (χ0n) is 10.5. The lowest BCUT2D eigenvalue weighted by molar-refractivity contribution is -0.124. The fourth-order valence-electron chi connectivity index (χ4n) is 1.34. The highest BCUT2D eigenvalue weighted by atomic mass is 32.2. The van der Waals surface area contributed by atoms with Crippen molar-refractivity contribution >= 4 is 17.7 Å². The number of nitrogens with one attached hydrogen (secondary N) is 1. The summed E-state index contributed by atoms with van der Waals surface area (Å²) in [4.78, 5) is 11.8. The molecule has 0 aromatic rings.